The van der Waals surface area contributed by atoms with Crippen LogP contribution < -0.4 is 4.90 Å². The van der Waals surface area contributed by atoms with Gasteiger partial charge in [0.15, 0.2) is 0 Å². The Hall–Kier alpha value is -3.22. The fraction of sp³-hybridized carbons (Fsp3) is 0.263. The first kappa shape index (κ1) is 16.3. The highest BCUT2D eigenvalue weighted by molar-refractivity contribution is 5.79. The van der Waals surface area contributed by atoms with Crippen molar-refractivity contribution in [2.24, 2.45) is 0 Å². The van der Waals surface area contributed by atoms with Gasteiger partial charge in [-0.3, -0.25) is 9.78 Å². The molecule has 0 N–H and O–H groups in total. The van der Waals surface area contributed by atoms with Gasteiger partial charge in [0.2, 0.25) is 5.91 Å². The Morgan fingerprint density at radius 2 is 1.81 bits per heavy atom. The van der Waals surface area contributed by atoms with Crippen LogP contribution in [0, 0.1) is 0 Å². The third kappa shape index (κ3) is 3.56. The molecule has 3 aromatic rings. The summed E-state index contributed by atoms with van der Waals surface area (Å²) in [6, 6.07) is 9.89. The molecule has 0 bridgehead atoms. The van der Waals surface area contributed by atoms with Crippen LogP contribution in [0.25, 0.3) is 5.69 Å². The number of hydrogen-bond acceptors (Lipinski definition) is 5. The zero-order chi connectivity index (χ0) is 17.8. The average Bonchev–Trinajstić information content (AvgIpc) is 3.18. The Bertz CT molecular complexity index is 856. The van der Waals surface area contributed by atoms with Crippen molar-refractivity contribution in [1.82, 2.24) is 24.6 Å². The molecular formula is C19H20N6O. The molecule has 1 aliphatic rings. The van der Waals surface area contributed by atoms with E-state index >= 15 is 0 Å². The van der Waals surface area contributed by atoms with E-state index < -0.39 is 0 Å². The third-order valence-corrected chi connectivity index (χ3v) is 4.52. The summed E-state index contributed by atoms with van der Waals surface area (Å²) in [5.41, 5.74) is 1.92. The van der Waals surface area contributed by atoms with Gasteiger partial charge in [0.25, 0.3) is 0 Å². The third-order valence-electron chi connectivity index (χ3n) is 4.52. The molecule has 4 rings (SSSR count). The number of carbonyl (C=O) groups is 1. The predicted molar refractivity (Wildman–Crippen MR) is 98.1 cm³/mol. The molecule has 3 heterocycles. The lowest BCUT2D eigenvalue weighted by atomic mass is 10.2. The van der Waals surface area contributed by atoms with Gasteiger partial charge in [0.1, 0.15) is 5.82 Å². The van der Waals surface area contributed by atoms with E-state index in [0.29, 0.717) is 19.5 Å². The molecule has 0 atom stereocenters. The van der Waals surface area contributed by atoms with Crippen LogP contribution in [0.2, 0.25) is 0 Å². The van der Waals surface area contributed by atoms with Crippen molar-refractivity contribution in [3.8, 4) is 5.69 Å². The Morgan fingerprint density at radius 3 is 2.54 bits per heavy atom. The quantitative estimate of drug-likeness (QED) is 0.716. The molecule has 1 aromatic carbocycles. The van der Waals surface area contributed by atoms with Crippen molar-refractivity contribution >= 4 is 11.7 Å². The standard InChI is InChI=1S/C19H20N6O/c26-19(12-16-13-22-25(15-16)17-4-2-1-3-5-17)24-10-8-23(9-11-24)18-14-20-6-7-21-18/h1-7,13-15H,8-12H2. The van der Waals surface area contributed by atoms with Gasteiger partial charge in [0.05, 0.1) is 24.5 Å². The Morgan fingerprint density at radius 1 is 1.00 bits per heavy atom. The number of carbonyl (C=O) groups excluding carboxylic acids is 1. The lowest BCUT2D eigenvalue weighted by Gasteiger charge is -2.35. The van der Waals surface area contributed by atoms with Crippen molar-refractivity contribution in [1.29, 1.82) is 0 Å². The number of amides is 1. The van der Waals surface area contributed by atoms with E-state index in [4.69, 9.17) is 0 Å². The number of aromatic nitrogens is 4. The van der Waals surface area contributed by atoms with Gasteiger partial charge >= 0.3 is 0 Å². The van der Waals surface area contributed by atoms with E-state index in [1.54, 1.807) is 29.5 Å². The van der Waals surface area contributed by atoms with Gasteiger partial charge in [-0.15, -0.1) is 0 Å². The highest BCUT2D eigenvalue weighted by atomic mass is 16.2. The Labute approximate surface area is 151 Å². The molecule has 1 saturated heterocycles. The maximum Gasteiger partial charge on any atom is 0.227 e. The van der Waals surface area contributed by atoms with Crippen LogP contribution in [-0.2, 0) is 11.2 Å². The van der Waals surface area contributed by atoms with E-state index in [2.05, 4.69) is 20.0 Å². The molecule has 0 unspecified atom stereocenters. The first-order valence-corrected chi connectivity index (χ1v) is 8.67. The normalized spacial score (nSPS) is 14.5. The summed E-state index contributed by atoms with van der Waals surface area (Å²) >= 11 is 0. The van der Waals surface area contributed by atoms with E-state index in [1.807, 2.05) is 41.4 Å². The van der Waals surface area contributed by atoms with Gasteiger partial charge in [0, 0.05) is 44.8 Å². The van der Waals surface area contributed by atoms with E-state index in [-0.39, 0.29) is 5.91 Å². The lowest BCUT2D eigenvalue weighted by molar-refractivity contribution is -0.130. The highest BCUT2D eigenvalue weighted by Crippen LogP contribution is 2.13. The monoisotopic (exact) mass is 348 g/mol. The SMILES string of the molecule is O=C(Cc1cnn(-c2ccccc2)c1)N1CCN(c2cnccn2)CC1. The predicted octanol–water partition coefficient (Wildman–Crippen LogP) is 1.55. The smallest absolute Gasteiger partial charge is 0.227 e. The summed E-state index contributed by atoms with van der Waals surface area (Å²) in [5.74, 6) is 1.00. The minimum atomic E-state index is 0.136. The molecule has 7 heteroatoms. The highest BCUT2D eigenvalue weighted by Gasteiger charge is 2.22. The van der Waals surface area contributed by atoms with Crippen molar-refractivity contribution in [3.63, 3.8) is 0 Å². The molecule has 0 saturated carbocycles. The molecular weight excluding hydrogens is 328 g/mol. The summed E-state index contributed by atoms with van der Waals surface area (Å²) in [6.07, 6.45) is 9.17. The molecule has 0 aliphatic carbocycles. The first-order chi connectivity index (χ1) is 12.8. The number of hydrogen-bond donors (Lipinski definition) is 0. The minimum Gasteiger partial charge on any atom is -0.352 e. The fourth-order valence-electron chi connectivity index (χ4n) is 3.10. The molecule has 26 heavy (non-hydrogen) atoms. The summed E-state index contributed by atoms with van der Waals surface area (Å²) in [7, 11) is 0. The fourth-order valence-corrected chi connectivity index (χ4v) is 3.10. The zero-order valence-electron chi connectivity index (χ0n) is 14.4. The largest absolute Gasteiger partial charge is 0.352 e. The molecule has 7 nitrogen and oxygen atoms in total. The summed E-state index contributed by atoms with van der Waals surface area (Å²) in [5, 5.41) is 4.36. The number of anilines is 1. The average molecular weight is 348 g/mol. The number of para-hydroxylation sites is 1. The van der Waals surface area contributed by atoms with Crippen molar-refractivity contribution in [3.05, 3.63) is 66.9 Å². The second-order valence-electron chi connectivity index (χ2n) is 6.24. The number of nitrogens with zero attached hydrogens (tertiary/aromatic N) is 6. The van der Waals surface area contributed by atoms with Crippen molar-refractivity contribution in [2.45, 2.75) is 6.42 Å². The van der Waals surface area contributed by atoms with Crippen LogP contribution in [-0.4, -0.2) is 56.7 Å². The molecule has 1 aliphatic heterocycles. The number of benzene rings is 1. The van der Waals surface area contributed by atoms with Gasteiger partial charge in [-0.2, -0.15) is 5.10 Å². The van der Waals surface area contributed by atoms with Crippen LogP contribution >= 0.6 is 0 Å². The van der Waals surface area contributed by atoms with Crippen LogP contribution in [0.5, 0.6) is 0 Å². The molecule has 1 amide bonds. The Balaban J connectivity index is 1.34. The van der Waals surface area contributed by atoms with E-state index in [1.165, 1.54) is 0 Å². The maximum atomic E-state index is 12.6. The Kier molecular flexibility index (Phi) is 4.59. The molecule has 2 aromatic heterocycles. The second kappa shape index (κ2) is 7.35. The van der Waals surface area contributed by atoms with Gasteiger partial charge in [-0.05, 0) is 17.7 Å². The van der Waals surface area contributed by atoms with E-state index in [0.717, 1.165) is 30.2 Å². The van der Waals surface area contributed by atoms with Crippen LogP contribution in [0.15, 0.2) is 61.3 Å². The van der Waals surface area contributed by atoms with Crippen LogP contribution in [0.4, 0.5) is 5.82 Å². The topological polar surface area (TPSA) is 67.2 Å². The first-order valence-electron chi connectivity index (χ1n) is 8.67. The number of piperazine rings is 1. The van der Waals surface area contributed by atoms with Crippen LogP contribution in [0.3, 0.4) is 0 Å². The number of rotatable bonds is 4. The van der Waals surface area contributed by atoms with Gasteiger partial charge in [-0.25, -0.2) is 9.67 Å². The second-order valence-corrected chi connectivity index (χ2v) is 6.24. The summed E-state index contributed by atoms with van der Waals surface area (Å²) in [6.45, 7) is 2.94. The lowest BCUT2D eigenvalue weighted by Crippen LogP contribution is -2.49. The maximum absolute atomic E-state index is 12.6. The van der Waals surface area contributed by atoms with Crippen LogP contribution in [0.1, 0.15) is 5.56 Å². The van der Waals surface area contributed by atoms with Gasteiger partial charge < -0.3 is 9.80 Å². The van der Waals surface area contributed by atoms with Gasteiger partial charge in [-0.1, -0.05) is 18.2 Å². The summed E-state index contributed by atoms with van der Waals surface area (Å²) < 4.78 is 1.80. The molecule has 0 radical (unpaired) electrons. The van der Waals surface area contributed by atoms with Crippen molar-refractivity contribution < 1.29 is 4.79 Å². The van der Waals surface area contributed by atoms with Crippen molar-refractivity contribution in [2.75, 3.05) is 31.1 Å². The molecule has 1 fully saturated rings. The minimum absolute atomic E-state index is 0.136. The zero-order valence-corrected chi connectivity index (χ0v) is 14.4. The summed E-state index contributed by atoms with van der Waals surface area (Å²) in [4.78, 5) is 25.1. The molecule has 0 spiro atoms. The molecule has 132 valence electrons. The van der Waals surface area contributed by atoms with E-state index in [9.17, 15) is 4.79 Å².